The zero-order valence-electron chi connectivity index (χ0n) is 38.3. The number of nitrogens with one attached hydrogen (secondary N) is 3. The molecule has 1 atom stereocenters. The van der Waals surface area contributed by atoms with Crippen LogP contribution in [0.1, 0.15) is 74.9 Å². The van der Waals surface area contributed by atoms with Gasteiger partial charge in [0.05, 0.1) is 28.9 Å². The third kappa shape index (κ3) is 9.00. The number of fused-ring (bicyclic) bond motifs is 3. The molecule has 2 saturated heterocycles. The minimum atomic E-state index is -0.976. The lowest BCUT2D eigenvalue weighted by molar-refractivity contribution is -0.135. The SMILES string of the molecule is Cc1ccc2c(CCCOc3cccc4ccccc34)c(C(=O)O)n(CCN3CCN(C(=O)CCc4nc5c(C(=O)NC6CCC(=O)NC6=O)cccc5[nH]4)CC3)c2c1-c1c(C)nn(C)c1C. The molecule has 3 aromatic heterocycles. The van der Waals surface area contributed by atoms with Crippen molar-refractivity contribution in [3.63, 3.8) is 0 Å². The number of carbonyl (C=O) groups excluding carboxylic acids is 4. The molecule has 0 radical (unpaired) electrons. The van der Waals surface area contributed by atoms with Crippen LogP contribution in [0.25, 0.3) is 43.8 Å². The average Bonchev–Trinajstić information content (AvgIpc) is 3.97. The van der Waals surface area contributed by atoms with Gasteiger partial charge in [0.25, 0.3) is 5.91 Å². The number of aryl methyl sites for hydroxylation is 5. The molecule has 0 bridgehead atoms. The molecule has 4 aromatic carbocycles. The van der Waals surface area contributed by atoms with E-state index >= 15 is 0 Å². The topological polar surface area (TPSA) is 197 Å². The normalized spacial score (nSPS) is 15.7. The number of piperazine rings is 1. The van der Waals surface area contributed by atoms with Crippen LogP contribution in [0, 0.1) is 20.8 Å². The number of carboxylic acid groups (broad SMARTS) is 1. The van der Waals surface area contributed by atoms with E-state index in [0.29, 0.717) is 87.6 Å². The van der Waals surface area contributed by atoms with Crippen LogP contribution < -0.4 is 15.4 Å². The zero-order chi connectivity index (χ0) is 46.9. The van der Waals surface area contributed by atoms with Crippen LogP contribution in [-0.2, 0) is 40.8 Å². The largest absolute Gasteiger partial charge is 0.493 e. The highest BCUT2D eigenvalue weighted by Gasteiger charge is 2.31. The molecule has 2 aliphatic heterocycles. The number of carboxylic acids is 1. The number of ether oxygens (including phenoxy) is 1. The first-order chi connectivity index (χ1) is 32.4. The Hall–Kier alpha value is -7.33. The summed E-state index contributed by atoms with van der Waals surface area (Å²) < 4.78 is 10.2. The van der Waals surface area contributed by atoms with Crippen molar-refractivity contribution < 1.29 is 33.8 Å². The molecule has 9 rings (SSSR count). The summed E-state index contributed by atoms with van der Waals surface area (Å²) in [6, 6.07) is 22.6. The number of aromatic nitrogens is 5. The smallest absolute Gasteiger partial charge is 0.352 e. The number of aromatic carboxylic acids is 1. The fourth-order valence-electron chi connectivity index (χ4n) is 9.84. The van der Waals surface area contributed by atoms with Gasteiger partial charge in [-0.05, 0) is 74.7 Å². The number of piperidine rings is 1. The summed E-state index contributed by atoms with van der Waals surface area (Å²) in [5, 5.41) is 23.8. The first kappa shape index (κ1) is 44.9. The molecule has 0 spiro atoms. The van der Waals surface area contributed by atoms with Gasteiger partial charge in [-0.3, -0.25) is 34.1 Å². The standard InChI is InChI=1S/C51H55N9O7/c1-30-17-18-36-35(14-9-29-67-40-16-7-11-33-10-5-6-12-34(33)40)48(51(65)66)60(47(36)44(30)45-31(2)56-57(4)32(45)3)28-25-58-23-26-59(27-24-58)43(62)22-20-41-52-38-15-8-13-37(46(38)54-41)49(63)53-39-19-21-42(61)55-50(39)64/h5-8,10-13,15-18,39H,9,14,19-29H2,1-4H3,(H,52,54)(H,53,63)(H,65,66)(H,55,61,64). The van der Waals surface area contributed by atoms with Crippen LogP contribution in [0.4, 0.5) is 0 Å². The van der Waals surface area contributed by atoms with Crippen LogP contribution in [0.3, 0.4) is 0 Å². The lowest BCUT2D eigenvalue weighted by Gasteiger charge is -2.35. The van der Waals surface area contributed by atoms with Gasteiger partial charge in [-0.15, -0.1) is 0 Å². The van der Waals surface area contributed by atoms with E-state index in [-0.39, 0.29) is 36.8 Å². The van der Waals surface area contributed by atoms with Crippen molar-refractivity contribution in [3.8, 4) is 16.9 Å². The van der Waals surface area contributed by atoms with Crippen molar-refractivity contribution >= 4 is 62.3 Å². The number of aromatic amines is 1. The number of amides is 4. The molecule has 7 aromatic rings. The Morgan fingerprint density at radius 2 is 1.66 bits per heavy atom. The van der Waals surface area contributed by atoms with E-state index < -0.39 is 23.8 Å². The molecule has 2 aliphatic rings. The van der Waals surface area contributed by atoms with E-state index in [1.165, 1.54) is 0 Å². The molecule has 4 N–H and O–H groups in total. The zero-order valence-corrected chi connectivity index (χ0v) is 38.3. The van der Waals surface area contributed by atoms with Gasteiger partial charge in [-0.1, -0.05) is 54.6 Å². The number of carbonyl (C=O) groups is 5. The second-order valence-corrected chi connectivity index (χ2v) is 17.6. The maximum absolute atomic E-state index is 13.6. The fraction of sp³-hybridized carbons (Fsp3) is 0.353. The van der Waals surface area contributed by atoms with Gasteiger partial charge in [0.15, 0.2) is 0 Å². The average molecular weight is 906 g/mol. The van der Waals surface area contributed by atoms with Gasteiger partial charge in [-0.25, -0.2) is 9.78 Å². The highest BCUT2D eigenvalue weighted by molar-refractivity contribution is 6.08. The van der Waals surface area contributed by atoms with E-state index in [0.717, 1.165) is 61.1 Å². The van der Waals surface area contributed by atoms with E-state index in [2.05, 4.69) is 56.7 Å². The Labute approximate surface area is 387 Å². The van der Waals surface area contributed by atoms with Gasteiger partial charge in [0.2, 0.25) is 17.7 Å². The monoisotopic (exact) mass is 905 g/mol. The first-order valence-corrected chi connectivity index (χ1v) is 23.0. The van der Waals surface area contributed by atoms with E-state index in [1.54, 1.807) is 18.2 Å². The summed E-state index contributed by atoms with van der Waals surface area (Å²) in [7, 11) is 1.93. The van der Waals surface area contributed by atoms with Crippen LogP contribution in [0.2, 0.25) is 0 Å². The molecule has 346 valence electrons. The third-order valence-electron chi connectivity index (χ3n) is 13.4. The summed E-state index contributed by atoms with van der Waals surface area (Å²) in [5.41, 5.74) is 8.27. The minimum absolute atomic E-state index is 0.00287. The summed E-state index contributed by atoms with van der Waals surface area (Å²) in [5.74, 6) is -0.964. The van der Waals surface area contributed by atoms with Crippen LogP contribution >= 0.6 is 0 Å². The number of hydrogen-bond acceptors (Lipinski definition) is 9. The Bertz CT molecular complexity index is 3080. The quantitative estimate of drug-likeness (QED) is 0.0698. The predicted molar refractivity (Wildman–Crippen MR) is 254 cm³/mol. The fourth-order valence-corrected chi connectivity index (χ4v) is 9.84. The van der Waals surface area contributed by atoms with Gasteiger partial charge < -0.3 is 29.6 Å². The van der Waals surface area contributed by atoms with Crippen molar-refractivity contribution in [2.75, 3.05) is 39.3 Å². The van der Waals surface area contributed by atoms with Crippen molar-refractivity contribution in [3.05, 3.63) is 112 Å². The highest BCUT2D eigenvalue weighted by Crippen LogP contribution is 2.40. The number of nitrogens with zero attached hydrogens (tertiary/aromatic N) is 6. The molecular formula is C51H55N9O7. The molecule has 16 heteroatoms. The summed E-state index contributed by atoms with van der Waals surface area (Å²) in [6.45, 7) is 9.90. The van der Waals surface area contributed by atoms with E-state index in [4.69, 9.17) is 9.84 Å². The summed E-state index contributed by atoms with van der Waals surface area (Å²) in [4.78, 5) is 76.0. The van der Waals surface area contributed by atoms with Gasteiger partial charge >= 0.3 is 5.97 Å². The highest BCUT2D eigenvalue weighted by atomic mass is 16.5. The molecular weight excluding hydrogens is 851 g/mol. The Balaban J connectivity index is 0.879. The molecule has 0 saturated carbocycles. The van der Waals surface area contributed by atoms with Crippen molar-refractivity contribution in [1.82, 2.24) is 44.7 Å². The molecule has 5 heterocycles. The summed E-state index contributed by atoms with van der Waals surface area (Å²) >= 11 is 0. The lowest BCUT2D eigenvalue weighted by Crippen LogP contribution is -2.52. The van der Waals surface area contributed by atoms with Gasteiger partial charge in [0.1, 0.15) is 28.8 Å². The Morgan fingerprint density at radius 1 is 0.881 bits per heavy atom. The minimum Gasteiger partial charge on any atom is -0.493 e. The Kier molecular flexibility index (Phi) is 12.6. The van der Waals surface area contributed by atoms with E-state index in [1.807, 2.05) is 65.4 Å². The molecule has 1 unspecified atom stereocenters. The third-order valence-corrected chi connectivity index (χ3v) is 13.4. The van der Waals surface area contributed by atoms with Gasteiger partial charge in [-0.2, -0.15) is 5.10 Å². The molecule has 0 aliphatic carbocycles. The van der Waals surface area contributed by atoms with Crippen molar-refractivity contribution in [1.29, 1.82) is 0 Å². The number of benzene rings is 4. The number of imidazole rings is 1. The molecule has 4 amide bonds. The lowest BCUT2D eigenvalue weighted by atomic mass is 9.94. The molecule has 67 heavy (non-hydrogen) atoms. The van der Waals surface area contributed by atoms with E-state index in [9.17, 15) is 29.1 Å². The Morgan fingerprint density at radius 3 is 2.42 bits per heavy atom. The number of rotatable bonds is 15. The van der Waals surface area contributed by atoms with Crippen molar-refractivity contribution in [2.45, 2.75) is 71.9 Å². The second-order valence-electron chi connectivity index (χ2n) is 17.6. The number of hydrogen-bond donors (Lipinski definition) is 4. The second kappa shape index (κ2) is 18.9. The van der Waals surface area contributed by atoms with Crippen LogP contribution in [0.5, 0.6) is 5.75 Å². The van der Waals surface area contributed by atoms with Crippen LogP contribution in [-0.4, -0.2) is 114 Å². The van der Waals surface area contributed by atoms with Crippen molar-refractivity contribution in [2.24, 2.45) is 7.05 Å². The molecule has 16 nitrogen and oxygen atoms in total. The summed E-state index contributed by atoms with van der Waals surface area (Å²) in [6.07, 6.45) is 2.07. The molecule has 2 fully saturated rings. The number of imide groups is 1. The van der Waals surface area contributed by atoms with Gasteiger partial charge in [0, 0.05) is 93.2 Å². The predicted octanol–water partition coefficient (Wildman–Crippen LogP) is 6.02. The number of para-hydroxylation sites is 1. The maximum Gasteiger partial charge on any atom is 0.352 e. The number of H-pyrrole nitrogens is 1. The van der Waals surface area contributed by atoms with Crippen LogP contribution in [0.15, 0.2) is 72.8 Å². The maximum atomic E-state index is 13.6. The first-order valence-electron chi connectivity index (χ1n) is 23.0.